The number of thiocarbonyl (C=S) groups is 1. The molecule has 1 aromatic carbocycles. The molecule has 0 atom stereocenters. The predicted octanol–water partition coefficient (Wildman–Crippen LogP) is 5.33. The van der Waals surface area contributed by atoms with Gasteiger partial charge >= 0.3 is 0 Å². The van der Waals surface area contributed by atoms with E-state index >= 15 is 0 Å². The van der Waals surface area contributed by atoms with Crippen LogP contribution in [0, 0.1) is 5.92 Å². The summed E-state index contributed by atoms with van der Waals surface area (Å²) in [5, 5.41) is 10.3. The van der Waals surface area contributed by atoms with Gasteiger partial charge in [-0.05, 0) is 47.5 Å². The van der Waals surface area contributed by atoms with E-state index in [0.29, 0.717) is 5.17 Å². The molecule has 5 nitrogen and oxygen atoms in total. The Morgan fingerprint density at radius 2 is 1.84 bits per heavy atom. The first-order valence-corrected chi connectivity index (χ1v) is 12.3. The molecule has 1 saturated carbocycles. The van der Waals surface area contributed by atoms with Crippen molar-refractivity contribution in [3.8, 4) is 0 Å². The molecule has 3 aliphatic rings. The van der Waals surface area contributed by atoms with Gasteiger partial charge in [-0.25, -0.2) is 0 Å². The second kappa shape index (κ2) is 9.45. The Labute approximate surface area is 192 Å². The van der Waals surface area contributed by atoms with Crippen molar-refractivity contribution in [2.45, 2.75) is 83.2 Å². The Hall–Kier alpha value is -1.66. The molecular formula is C25H37N3O2S. The van der Waals surface area contributed by atoms with E-state index in [0.717, 1.165) is 56.1 Å². The predicted molar refractivity (Wildman–Crippen MR) is 129 cm³/mol. The maximum absolute atomic E-state index is 5.98. The van der Waals surface area contributed by atoms with Crippen molar-refractivity contribution in [2.75, 3.05) is 19.6 Å². The molecule has 0 amide bonds. The SMILES string of the molecule is CC(C)(C)c1ccc(C2=NOC3(CCN(OC(=S)NCC4CCCCC4)CC3)C2)cc1. The van der Waals surface area contributed by atoms with Crippen LogP contribution in [0.5, 0.6) is 0 Å². The topological polar surface area (TPSA) is 46.1 Å². The quantitative estimate of drug-likeness (QED) is 0.637. The van der Waals surface area contributed by atoms with Crippen LogP contribution in [0.1, 0.15) is 83.3 Å². The van der Waals surface area contributed by atoms with E-state index < -0.39 is 0 Å². The second-order valence-electron chi connectivity index (χ2n) is 10.5. The number of piperidine rings is 1. The van der Waals surface area contributed by atoms with Crippen molar-refractivity contribution in [1.29, 1.82) is 0 Å². The molecule has 31 heavy (non-hydrogen) atoms. The Morgan fingerprint density at radius 3 is 2.48 bits per heavy atom. The fourth-order valence-corrected chi connectivity index (χ4v) is 5.05. The fourth-order valence-electron chi connectivity index (χ4n) is 4.86. The van der Waals surface area contributed by atoms with Crippen molar-refractivity contribution in [2.24, 2.45) is 11.1 Å². The molecule has 1 spiro atoms. The normalized spacial score (nSPS) is 22.1. The van der Waals surface area contributed by atoms with Gasteiger partial charge in [-0.2, -0.15) is 0 Å². The smallest absolute Gasteiger partial charge is 0.278 e. The Morgan fingerprint density at radius 1 is 1.16 bits per heavy atom. The summed E-state index contributed by atoms with van der Waals surface area (Å²) in [4.78, 5) is 11.9. The molecule has 0 aromatic heterocycles. The first-order chi connectivity index (χ1) is 14.8. The number of hydroxylamine groups is 2. The van der Waals surface area contributed by atoms with Crippen LogP contribution in [0.15, 0.2) is 29.4 Å². The lowest BCUT2D eigenvalue weighted by Crippen LogP contribution is -2.46. The van der Waals surface area contributed by atoms with Crippen LogP contribution >= 0.6 is 12.2 Å². The highest BCUT2D eigenvalue weighted by atomic mass is 32.1. The van der Waals surface area contributed by atoms with Gasteiger partial charge < -0.3 is 15.0 Å². The lowest BCUT2D eigenvalue weighted by molar-refractivity contribution is -0.145. The number of rotatable bonds is 4. The molecule has 1 N–H and O–H groups in total. The number of hydrogen-bond acceptors (Lipinski definition) is 5. The van der Waals surface area contributed by atoms with E-state index in [4.69, 9.17) is 21.9 Å². The van der Waals surface area contributed by atoms with Gasteiger partial charge in [0.2, 0.25) is 0 Å². The summed E-state index contributed by atoms with van der Waals surface area (Å²) in [6.45, 7) is 9.25. The standard InChI is InChI=1S/C25H37N3O2S/c1-24(2,3)21-11-9-20(10-12-21)22-17-25(30-27-22)13-15-28(16-14-25)29-23(31)26-18-19-7-5-4-6-8-19/h9-12,19H,4-8,13-18H2,1-3H3,(H,26,31). The van der Waals surface area contributed by atoms with E-state index in [1.165, 1.54) is 37.7 Å². The monoisotopic (exact) mass is 443 g/mol. The summed E-state index contributed by atoms with van der Waals surface area (Å²) in [5.41, 5.74) is 3.52. The second-order valence-corrected chi connectivity index (χ2v) is 10.9. The van der Waals surface area contributed by atoms with Gasteiger partial charge in [0, 0.05) is 38.9 Å². The van der Waals surface area contributed by atoms with Crippen molar-refractivity contribution >= 4 is 23.1 Å². The third-order valence-electron chi connectivity index (χ3n) is 7.03. The Kier molecular flexibility index (Phi) is 6.87. The first kappa shape index (κ1) is 22.5. The van der Waals surface area contributed by atoms with E-state index in [1.54, 1.807) is 0 Å². The van der Waals surface area contributed by atoms with Crippen LogP contribution in [0.25, 0.3) is 0 Å². The van der Waals surface area contributed by atoms with Gasteiger partial charge in [-0.3, -0.25) is 0 Å². The molecule has 0 radical (unpaired) electrons. The third-order valence-corrected chi connectivity index (χ3v) is 7.25. The lowest BCUT2D eigenvalue weighted by Gasteiger charge is -2.36. The van der Waals surface area contributed by atoms with Gasteiger partial charge in [0.05, 0.1) is 5.71 Å². The zero-order valence-electron chi connectivity index (χ0n) is 19.3. The average Bonchev–Trinajstić information content (AvgIpc) is 3.18. The largest absolute Gasteiger partial charge is 0.388 e. The maximum Gasteiger partial charge on any atom is 0.278 e. The highest BCUT2D eigenvalue weighted by Crippen LogP contribution is 2.36. The number of benzene rings is 1. The Balaban J connectivity index is 1.22. The summed E-state index contributed by atoms with van der Waals surface area (Å²) in [7, 11) is 0. The van der Waals surface area contributed by atoms with Gasteiger partial charge in [0.25, 0.3) is 5.17 Å². The summed E-state index contributed by atoms with van der Waals surface area (Å²) in [5.74, 6) is 0.736. The van der Waals surface area contributed by atoms with Crippen LogP contribution < -0.4 is 5.32 Å². The van der Waals surface area contributed by atoms with Crippen LogP contribution in [-0.4, -0.2) is 41.2 Å². The number of nitrogens with one attached hydrogen (secondary N) is 1. The van der Waals surface area contributed by atoms with Gasteiger partial charge in [-0.15, -0.1) is 5.06 Å². The van der Waals surface area contributed by atoms with Gasteiger partial charge in [-0.1, -0.05) is 69.5 Å². The van der Waals surface area contributed by atoms with Crippen LogP contribution in [-0.2, 0) is 15.1 Å². The van der Waals surface area contributed by atoms with Crippen molar-refractivity contribution < 1.29 is 9.68 Å². The number of hydrogen-bond donors (Lipinski definition) is 1. The number of oxime groups is 1. The lowest BCUT2D eigenvalue weighted by atomic mass is 9.84. The van der Waals surface area contributed by atoms with E-state index in [9.17, 15) is 0 Å². The molecule has 0 unspecified atom stereocenters. The zero-order chi connectivity index (χ0) is 21.9. The number of nitrogens with zero attached hydrogens (tertiary/aromatic N) is 2. The first-order valence-electron chi connectivity index (χ1n) is 11.9. The highest BCUT2D eigenvalue weighted by molar-refractivity contribution is 7.80. The molecule has 1 saturated heterocycles. The molecule has 170 valence electrons. The van der Waals surface area contributed by atoms with E-state index in [2.05, 4.69) is 55.5 Å². The van der Waals surface area contributed by atoms with Crippen molar-refractivity contribution in [3.05, 3.63) is 35.4 Å². The molecule has 1 aromatic rings. The summed E-state index contributed by atoms with van der Waals surface area (Å²) < 4.78 is 0. The third kappa shape index (κ3) is 5.78. The molecule has 2 heterocycles. The van der Waals surface area contributed by atoms with Crippen molar-refractivity contribution in [1.82, 2.24) is 10.4 Å². The molecule has 2 fully saturated rings. The summed E-state index contributed by atoms with van der Waals surface area (Å²) in [6, 6.07) is 8.77. The summed E-state index contributed by atoms with van der Waals surface area (Å²) in [6.07, 6.45) is 9.33. The van der Waals surface area contributed by atoms with Crippen LogP contribution in [0.3, 0.4) is 0 Å². The minimum absolute atomic E-state index is 0.159. The highest BCUT2D eigenvalue weighted by Gasteiger charge is 2.43. The Bertz CT molecular complexity index is 786. The van der Waals surface area contributed by atoms with E-state index in [-0.39, 0.29) is 11.0 Å². The van der Waals surface area contributed by atoms with Gasteiger partial charge in [0.1, 0.15) is 5.60 Å². The molecule has 2 aliphatic heterocycles. The molecular weight excluding hydrogens is 406 g/mol. The van der Waals surface area contributed by atoms with Crippen molar-refractivity contribution in [3.63, 3.8) is 0 Å². The molecule has 4 rings (SSSR count). The fraction of sp³-hybridized carbons (Fsp3) is 0.680. The summed E-state index contributed by atoms with van der Waals surface area (Å²) >= 11 is 5.42. The maximum atomic E-state index is 5.98. The van der Waals surface area contributed by atoms with Crippen LogP contribution in [0.2, 0.25) is 0 Å². The van der Waals surface area contributed by atoms with E-state index in [1.807, 2.05) is 5.06 Å². The zero-order valence-corrected chi connectivity index (χ0v) is 20.1. The van der Waals surface area contributed by atoms with Gasteiger partial charge in [0.15, 0.2) is 0 Å². The molecule has 1 aliphatic carbocycles. The molecule has 6 heteroatoms. The van der Waals surface area contributed by atoms with Crippen LogP contribution in [0.4, 0.5) is 0 Å². The average molecular weight is 444 g/mol. The molecule has 0 bridgehead atoms. The minimum atomic E-state index is -0.199. The minimum Gasteiger partial charge on any atom is -0.388 e.